The highest BCUT2D eigenvalue weighted by Crippen LogP contribution is 2.08. The van der Waals surface area contributed by atoms with Gasteiger partial charge >= 0.3 is 0 Å². The van der Waals surface area contributed by atoms with Crippen LogP contribution in [0.3, 0.4) is 0 Å². The minimum Gasteiger partial charge on any atom is -0.292 e. The summed E-state index contributed by atoms with van der Waals surface area (Å²) in [5, 5.41) is 7.03. The topological polar surface area (TPSA) is 81.9 Å². The standard InChI is InChI=1S/C13H15N3O3S/c1-20(18,19)16-10-12(14-15-16)13(17)9-5-8-11-6-3-2-4-7-11/h2-4,6-7,10H,5,8-9H2,1H3. The van der Waals surface area contributed by atoms with E-state index in [1.807, 2.05) is 30.3 Å². The second kappa shape index (κ2) is 5.96. The Morgan fingerprint density at radius 2 is 1.95 bits per heavy atom. The molecule has 0 spiro atoms. The molecule has 0 aliphatic rings. The molecule has 0 saturated carbocycles. The monoisotopic (exact) mass is 293 g/mol. The summed E-state index contributed by atoms with van der Waals surface area (Å²) in [4.78, 5) is 11.9. The lowest BCUT2D eigenvalue weighted by Crippen LogP contribution is -2.10. The second-order valence-electron chi connectivity index (χ2n) is 4.50. The number of carbonyl (C=O) groups excluding carboxylic acids is 1. The molecule has 0 saturated heterocycles. The van der Waals surface area contributed by atoms with Crippen LogP contribution in [0.1, 0.15) is 28.9 Å². The number of benzene rings is 1. The average Bonchev–Trinajstić information content (AvgIpc) is 2.89. The van der Waals surface area contributed by atoms with Crippen molar-refractivity contribution in [3.05, 3.63) is 47.8 Å². The van der Waals surface area contributed by atoms with E-state index in [0.717, 1.165) is 18.9 Å². The maximum Gasteiger partial charge on any atom is 0.252 e. The highest BCUT2D eigenvalue weighted by molar-refractivity contribution is 7.89. The molecule has 0 aliphatic heterocycles. The van der Waals surface area contributed by atoms with E-state index < -0.39 is 10.0 Å². The zero-order valence-electron chi connectivity index (χ0n) is 11.1. The fourth-order valence-electron chi connectivity index (χ4n) is 1.76. The van der Waals surface area contributed by atoms with Crippen molar-refractivity contribution in [3.63, 3.8) is 0 Å². The van der Waals surface area contributed by atoms with Crippen molar-refractivity contribution in [2.24, 2.45) is 0 Å². The van der Waals surface area contributed by atoms with E-state index in [0.29, 0.717) is 16.9 Å². The summed E-state index contributed by atoms with van der Waals surface area (Å²) >= 11 is 0. The Bertz CT molecular complexity index is 693. The van der Waals surface area contributed by atoms with Crippen molar-refractivity contribution < 1.29 is 13.2 Å². The van der Waals surface area contributed by atoms with Gasteiger partial charge in [-0.2, -0.15) is 0 Å². The van der Waals surface area contributed by atoms with E-state index in [-0.39, 0.29) is 11.5 Å². The molecule has 1 aromatic carbocycles. The molecule has 106 valence electrons. The normalized spacial score (nSPS) is 11.4. The number of nitrogens with zero attached hydrogens (tertiary/aromatic N) is 3. The highest BCUT2D eigenvalue weighted by Gasteiger charge is 2.14. The van der Waals surface area contributed by atoms with Gasteiger partial charge in [0.2, 0.25) is 0 Å². The lowest BCUT2D eigenvalue weighted by Gasteiger charge is -1.99. The Morgan fingerprint density at radius 1 is 1.25 bits per heavy atom. The van der Waals surface area contributed by atoms with E-state index in [1.165, 1.54) is 5.56 Å². The lowest BCUT2D eigenvalue weighted by molar-refractivity contribution is 0.0975. The van der Waals surface area contributed by atoms with E-state index in [2.05, 4.69) is 10.3 Å². The van der Waals surface area contributed by atoms with Crippen LogP contribution in [0.4, 0.5) is 0 Å². The molecular weight excluding hydrogens is 278 g/mol. The van der Waals surface area contributed by atoms with Crippen molar-refractivity contribution in [3.8, 4) is 0 Å². The molecule has 0 amide bonds. The summed E-state index contributed by atoms with van der Waals surface area (Å²) in [5.41, 5.74) is 1.25. The fourth-order valence-corrected chi connectivity index (χ4v) is 2.22. The predicted molar refractivity (Wildman–Crippen MR) is 74.0 cm³/mol. The number of hydrogen-bond donors (Lipinski definition) is 0. The van der Waals surface area contributed by atoms with E-state index in [9.17, 15) is 13.2 Å². The van der Waals surface area contributed by atoms with Crippen molar-refractivity contribution >= 4 is 15.8 Å². The van der Waals surface area contributed by atoms with E-state index >= 15 is 0 Å². The van der Waals surface area contributed by atoms with Gasteiger partial charge in [0.1, 0.15) is 5.69 Å². The van der Waals surface area contributed by atoms with Gasteiger partial charge in [0.25, 0.3) is 10.0 Å². The Balaban J connectivity index is 1.91. The molecule has 0 N–H and O–H groups in total. The number of rotatable bonds is 6. The average molecular weight is 293 g/mol. The van der Waals surface area contributed by atoms with Crippen LogP contribution in [-0.2, 0) is 16.4 Å². The molecule has 2 aromatic rings. The molecule has 0 fully saturated rings. The molecule has 0 atom stereocenters. The van der Waals surface area contributed by atoms with Crippen LogP contribution in [0, 0.1) is 0 Å². The van der Waals surface area contributed by atoms with Gasteiger partial charge in [0.05, 0.1) is 12.5 Å². The first kappa shape index (κ1) is 14.4. The van der Waals surface area contributed by atoms with Gasteiger partial charge in [-0.15, -0.1) is 9.19 Å². The fraction of sp³-hybridized carbons (Fsp3) is 0.308. The van der Waals surface area contributed by atoms with Gasteiger partial charge in [0.15, 0.2) is 5.78 Å². The SMILES string of the molecule is CS(=O)(=O)n1cc(C(=O)CCCc2ccccc2)nn1. The van der Waals surface area contributed by atoms with E-state index in [1.54, 1.807) is 0 Å². The third-order valence-corrected chi connectivity index (χ3v) is 3.67. The Kier molecular flexibility index (Phi) is 4.29. The summed E-state index contributed by atoms with van der Waals surface area (Å²) in [7, 11) is -3.49. The minimum atomic E-state index is -3.49. The minimum absolute atomic E-state index is 0.0866. The molecule has 1 heterocycles. The smallest absolute Gasteiger partial charge is 0.252 e. The molecule has 1 aromatic heterocycles. The van der Waals surface area contributed by atoms with Crippen LogP contribution >= 0.6 is 0 Å². The predicted octanol–water partition coefficient (Wildman–Crippen LogP) is 1.29. The number of ketones is 1. The van der Waals surface area contributed by atoms with Gasteiger partial charge in [-0.1, -0.05) is 35.5 Å². The summed E-state index contributed by atoms with van der Waals surface area (Å²) in [6.07, 6.45) is 3.96. The second-order valence-corrected chi connectivity index (χ2v) is 6.34. The molecule has 0 radical (unpaired) electrons. The quantitative estimate of drug-likeness (QED) is 0.750. The summed E-state index contributed by atoms with van der Waals surface area (Å²) in [5.74, 6) is -0.198. The summed E-state index contributed by atoms with van der Waals surface area (Å²) < 4.78 is 23.1. The van der Waals surface area contributed by atoms with Gasteiger partial charge in [0, 0.05) is 6.42 Å². The largest absolute Gasteiger partial charge is 0.292 e. The molecule has 6 nitrogen and oxygen atoms in total. The highest BCUT2D eigenvalue weighted by atomic mass is 32.2. The maximum atomic E-state index is 11.9. The van der Waals surface area contributed by atoms with E-state index in [4.69, 9.17) is 0 Å². The zero-order valence-corrected chi connectivity index (χ0v) is 11.9. The van der Waals surface area contributed by atoms with Gasteiger partial charge in [-0.25, -0.2) is 8.42 Å². The molecule has 0 aliphatic carbocycles. The van der Waals surface area contributed by atoms with Gasteiger partial charge < -0.3 is 0 Å². The first-order chi connectivity index (χ1) is 9.47. The molecule has 20 heavy (non-hydrogen) atoms. The lowest BCUT2D eigenvalue weighted by atomic mass is 10.1. The molecule has 0 unspecified atom stereocenters. The van der Waals surface area contributed by atoms with Crippen molar-refractivity contribution in [1.29, 1.82) is 0 Å². The van der Waals surface area contributed by atoms with Crippen LogP contribution in [0.5, 0.6) is 0 Å². The van der Waals surface area contributed by atoms with Crippen LogP contribution in [0.25, 0.3) is 0 Å². The number of aromatic nitrogens is 3. The maximum absolute atomic E-state index is 11.9. The van der Waals surface area contributed by atoms with Crippen molar-refractivity contribution in [1.82, 2.24) is 14.4 Å². The van der Waals surface area contributed by atoms with Crippen LogP contribution < -0.4 is 0 Å². The van der Waals surface area contributed by atoms with Gasteiger partial charge in [-0.05, 0) is 18.4 Å². The Hall–Kier alpha value is -2.02. The number of carbonyl (C=O) groups is 1. The molecular formula is C13H15N3O3S. The molecule has 0 bridgehead atoms. The van der Waals surface area contributed by atoms with Gasteiger partial charge in [-0.3, -0.25) is 4.79 Å². The van der Waals surface area contributed by atoms with Crippen molar-refractivity contribution in [2.45, 2.75) is 19.3 Å². The Morgan fingerprint density at radius 3 is 2.55 bits per heavy atom. The first-order valence-electron chi connectivity index (χ1n) is 6.17. The molecule has 2 rings (SSSR count). The third-order valence-electron chi connectivity index (χ3n) is 2.81. The first-order valence-corrected chi connectivity index (χ1v) is 8.01. The van der Waals surface area contributed by atoms with Crippen molar-refractivity contribution in [2.75, 3.05) is 6.26 Å². The number of hydrogen-bond acceptors (Lipinski definition) is 5. The Labute approximate surface area is 117 Å². The summed E-state index contributed by atoms with van der Waals surface area (Å²) in [6.45, 7) is 0. The van der Waals surface area contributed by atoms with Crippen LogP contribution in [-0.4, -0.2) is 34.9 Å². The summed E-state index contributed by atoms with van der Waals surface area (Å²) in [6, 6.07) is 9.86. The third kappa shape index (κ3) is 3.74. The zero-order chi connectivity index (χ0) is 14.6. The van der Waals surface area contributed by atoms with Crippen LogP contribution in [0.2, 0.25) is 0 Å². The molecule has 7 heteroatoms. The van der Waals surface area contributed by atoms with Crippen LogP contribution in [0.15, 0.2) is 36.5 Å². The number of aryl methyl sites for hydroxylation is 1. The number of Topliss-reactive ketones (excluding diaryl/α,β-unsaturated/α-hetero) is 1.